The fourth-order valence-electron chi connectivity index (χ4n) is 4.04. The predicted octanol–water partition coefficient (Wildman–Crippen LogP) is 2.97. The van der Waals surface area contributed by atoms with Crippen LogP contribution in [0.3, 0.4) is 0 Å². The van der Waals surface area contributed by atoms with E-state index in [2.05, 4.69) is 20.1 Å². The number of hydrogen-bond donors (Lipinski definition) is 0. The zero-order chi connectivity index (χ0) is 21.7. The highest BCUT2D eigenvalue weighted by Gasteiger charge is 2.38. The molecule has 8 nitrogen and oxygen atoms in total. The van der Waals surface area contributed by atoms with Crippen molar-refractivity contribution in [1.82, 2.24) is 29.6 Å². The van der Waals surface area contributed by atoms with Crippen LogP contribution in [-0.4, -0.2) is 48.0 Å². The SMILES string of the molecule is Cc1cc(C)nc(-n2nc(C)c3c4c(cnc32)C(=O)N(CCc2ccccc2)C4=O)n1. The van der Waals surface area contributed by atoms with Crippen molar-refractivity contribution in [3.8, 4) is 5.95 Å². The number of pyridine rings is 1. The molecule has 0 radical (unpaired) electrons. The molecule has 0 N–H and O–H groups in total. The van der Waals surface area contributed by atoms with Crippen LogP contribution in [-0.2, 0) is 6.42 Å². The third-order valence-electron chi connectivity index (χ3n) is 5.43. The first-order valence-electron chi connectivity index (χ1n) is 10.0. The first-order chi connectivity index (χ1) is 14.9. The van der Waals surface area contributed by atoms with E-state index in [1.807, 2.05) is 50.2 Å². The fourth-order valence-corrected chi connectivity index (χ4v) is 4.04. The first kappa shape index (κ1) is 19.0. The number of aromatic nitrogens is 5. The second kappa shape index (κ2) is 7.09. The van der Waals surface area contributed by atoms with Gasteiger partial charge in [0.25, 0.3) is 17.8 Å². The molecular formula is C23H20N6O2. The summed E-state index contributed by atoms with van der Waals surface area (Å²) in [6.45, 7) is 5.88. The number of rotatable bonds is 4. The minimum atomic E-state index is -0.319. The normalized spacial score (nSPS) is 13.3. The van der Waals surface area contributed by atoms with E-state index in [0.717, 1.165) is 17.0 Å². The number of imide groups is 1. The van der Waals surface area contributed by atoms with Crippen LogP contribution in [0.15, 0.2) is 42.6 Å². The fraction of sp³-hybridized carbons (Fsp3) is 0.217. The van der Waals surface area contributed by atoms with Gasteiger partial charge >= 0.3 is 0 Å². The van der Waals surface area contributed by atoms with Crippen molar-refractivity contribution in [2.45, 2.75) is 27.2 Å². The number of benzene rings is 1. The molecule has 0 fully saturated rings. The topological polar surface area (TPSA) is 93.9 Å². The van der Waals surface area contributed by atoms with Crippen molar-refractivity contribution in [3.05, 3.63) is 76.4 Å². The maximum absolute atomic E-state index is 13.3. The molecule has 0 saturated carbocycles. The molecule has 1 aliphatic heterocycles. The molecule has 4 aromatic rings. The number of aryl methyl sites for hydroxylation is 3. The Morgan fingerprint density at radius 2 is 1.65 bits per heavy atom. The number of nitrogens with zero attached hydrogens (tertiary/aromatic N) is 6. The van der Waals surface area contributed by atoms with Crippen LogP contribution in [0.25, 0.3) is 17.0 Å². The quantitative estimate of drug-likeness (QED) is 0.479. The van der Waals surface area contributed by atoms with E-state index in [4.69, 9.17) is 0 Å². The molecule has 8 heteroatoms. The summed E-state index contributed by atoms with van der Waals surface area (Å²) >= 11 is 0. The third-order valence-corrected chi connectivity index (χ3v) is 5.43. The predicted molar refractivity (Wildman–Crippen MR) is 114 cm³/mol. The van der Waals surface area contributed by atoms with Gasteiger partial charge in [-0.25, -0.2) is 15.0 Å². The maximum atomic E-state index is 13.3. The molecule has 0 unspecified atom stereocenters. The zero-order valence-electron chi connectivity index (χ0n) is 17.5. The van der Waals surface area contributed by atoms with Gasteiger partial charge in [0, 0.05) is 24.1 Å². The Hall–Kier alpha value is -3.94. The summed E-state index contributed by atoms with van der Waals surface area (Å²) < 4.78 is 1.54. The Labute approximate surface area is 178 Å². The van der Waals surface area contributed by atoms with E-state index in [9.17, 15) is 9.59 Å². The summed E-state index contributed by atoms with van der Waals surface area (Å²) in [5.74, 6) is -0.242. The van der Waals surface area contributed by atoms with Gasteiger partial charge in [0.1, 0.15) is 0 Å². The lowest BCUT2D eigenvalue weighted by molar-refractivity contribution is 0.0656. The summed E-state index contributed by atoms with van der Waals surface area (Å²) in [6.07, 6.45) is 2.05. The molecule has 0 spiro atoms. The third kappa shape index (κ3) is 3.07. The van der Waals surface area contributed by atoms with Crippen LogP contribution < -0.4 is 0 Å². The molecular weight excluding hydrogens is 392 g/mol. The highest BCUT2D eigenvalue weighted by atomic mass is 16.2. The van der Waals surface area contributed by atoms with E-state index in [0.29, 0.717) is 46.8 Å². The van der Waals surface area contributed by atoms with Gasteiger partial charge in [0.15, 0.2) is 5.65 Å². The minimum absolute atomic E-state index is 0.311. The molecule has 1 aliphatic rings. The standard InChI is InChI=1S/C23H20N6O2/c1-13-11-14(2)26-23(25-13)29-20-18(15(3)27-29)19-17(12-24-20)21(30)28(22(19)31)10-9-16-7-5-4-6-8-16/h4-8,11-12H,9-10H2,1-3H3. The lowest BCUT2D eigenvalue weighted by Crippen LogP contribution is -2.31. The Kier molecular flexibility index (Phi) is 4.35. The molecule has 4 heterocycles. The van der Waals surface area contributed by atoms with Gasteiger partial charge < -0.3 is 0 Å². The van der Waals surface area contributed by atoms with Gasteiger partial charge in [0.2, 0.25) is 0 Å². The molecule has 2 amide bonds. The summed E-state index contributed by atoms with van der Waals surface area (Å²) in [6, 6.07) is 11.7. The summed E-state index contributed by atoms with van der Waals surface area (Å²) in [4.78, 5) is 40.9. The van der Waals surface area contributed by atoms with Gasteiger partial charge in [-0.3, -0.25) is 14.5 Å². The number of carbonyl (C=O) groups excluding carboxylic acids is 2. The number of fused-ring (bicyclic) bond motifs is 3. The van der Waals surface area contributed by atoms with Crippen molar-refractivity contribution in [1.29, 1.82) is 0 Å². The summed E-state index contributed by atoms with van der Waals surface area (Å²) in [5, 5.41) is 5.12. The highest BCUT2D eigenvalue weighted by molar-refractivity contribution is 6.26. The van der Waals surface area contributed by atoms with Gasteiger partial charge in [-0.1, -0.05) is 30.3 Å². The van der Waals surface area contributed by atoms with Gasteiger partial charge in [-0.05, 0) is 38.8 Å². The van der Waals surface area contributed by atoms with Gasteiger partial charge in [-0.2, -0.15) is 9.78 Å². The van der Waals surface area contributed by atoms with Gasteiger partial charge in [0.05, 0.1) is 22.2 Å². The maximum Gasteiger partial charge on any atom is 0.263 e. The van der Waals surface area contributed by atoms with Crippen LogP contribution in [0.2, 0.25) is 0 Å². The molecule has 5 rings (SSSR count). The first-order valence-corrected chi connectivity index (χ1v) is 10.0. The molecule has 0 aliphatic carbocycles. The number of hydrogen-bond acceptors (Lipinski definition) is 6. The largest absolute Gasteiger partial charge is 0.274 e. The van der Waals surface area contributed by atoms with Crippen LogP contribution in [0.4, 0.5) is 0 Å². The van der Waals surface area contributed by atoms with Crippen molar-refractivity contribution < 1.29 is 9.59 Å². The van der Waals surface area contributed by atoms with E-state index in [-0.39, 0.29) is 11.8 Å². The molecule has 154 valence electrons. The number of carbonyl (C=O) groups is 2. The lowest BCUT2D eigenvalue weighted by atomic mass is 10.1. The van der Waals surface area contributed by atoms with E-state index in [1.54, 1.807) is 6.92 Å². The molecule has 0 saturated heterocycles. The van der Waals surface area contributed by atoms with Gasteiger partial charge in [-0.15, -0.1) is 0 Å². The average molecular weight is 412 g/mol. The molecule has 0 bridgehead atoms. The highest BCUT2D eigenvalue weighted by Crippen LogP contribution is 2.31. The zero-order valence-corrected chi connectivity index (χ0v) is 17.5. The number of amides is 2. The van der Waals surface area contributed by atoms with Crippen LogP contribution in [0, 0.1) is 20.8 Å². The molecule has 1 aromatic carbocycles. The van der Waals surface area contributed by atoms with Crippen molar-refractivity contribution in [2.75, 3.05) is 6.54 Å². The Balaban J connectivity index is 1.57. The van der Waals surface area contributed by atoms with E-state index in [1.165, 1.54) is 15.8 Å². The Bertz CT molecular complexity index is 1340. The van der Waals surface area contributed by atoms with Crippen molar-refractivity contribution in [3.63, 3.8) is 0 Å². The van der Waals surface area contributed by atoms with Crippen molar-refractivity contribution >= 4 is 22.8 Å². The molecule has 31 heavy (non-hydrogen) atoms. The lowest BCUT2D eigenvalue weighted by Gasteiger charge is -2.13. The average Bonchev–Trinajstić information content (AvgIpc) is 3.21. The van der Waals surface area contributed by atoms with Crippen LogP contribution >= 0.6 is 0 Å². The van der Waals surface area contributed by atoms with Crippen molar-refractivity contribution in [2.24, 2.45) is 0 Å². The van der Waals surface area contributed by atoms with Crippen LogP contribution in [0.1, 0.15) is 43.4 Å². The van der Waals surface area contributed by atoms with Crippen LogP contribution in [0.5, 0.6) is 0 Å². The van der Waals surface area contributed by atoms with E-state index >= 15 is 0 Å². The second-order valence-electron chi connectivity index (χ2n) is 7.69. The summed E-state index contributed by atoms with van der Waals surface area (Å²) in [7, 11) is 0. The summed E-state index contributed by atoms with van der Waals surface area (Å²) in [5.41, 5.74) is 4.43. The second-order valence-corrected chi connectivity index (χ2v) is 7.69. The van der Waals surface area contributed by atoms with E-state index < -0.39 is 0 Å². The monoisotopic (exact) mass is 412 g/mol. The molecule has 3 aromatic heterocycles. The minimum Gasteiger partial charge on any atom is -0.274 e. The smallest absolute Gasteiger partial charge is 0.263 e. The molecule has 0 atom stereocenters. The Morgan fingerprint density at radius 3 is 2.35 bits per heavy atom. The Morgan fingerprint density at radius 1 is 0.935 bits per heavy atom.